The molecule has 2 bridgehead atoms. The fourth-order valence-corrected chi connectivity index (χ4v) is 7.73. The summed E-state index contributed by atoms with van der Waals surface area (Å²) in [7, 11) is 0. The van der Waals surface area contributed by atoms with Gasteiger partial charge in [0.15, 0.2) is 5.78 Å². The summed E-state index contributed by atoms with van der Waals surface area (Å²) in [5, 5.41) is 4.01. The SMILES string of the molecule is O=C(CN(C(=O)c1ccc(Cl)cc1Cl)N1C(=O)[C@@H]2C3c4ccccc4C(c4ccccc43)[C@H]2C1=O)c1cccs1. The van der Waals surface area contributed by atoms with E-state index < -0.39 is 41.9 Å². The lowest BCUT2D eigenvalue weighted by Crippen LogP contribution is -2.52. The van der Waals surface area contributed by atoms with Crippen LogP contribution in [0.15, 0.2) is 84.2 Å². The summed E-state index contributed by atoms with van der Waals surface area (Å²) in [5.41, 5.74) is 4.11. The molecule has 0 saturated carbocycles. The van der Waals surface area contributed by atoms with Crippen LogP contribution in [0.1, 0.15) is 54.1 Å². The highest BCUT2D eigenvalue weighted by Crippen LogP contribution is 2.61. The first-order valence-corrected chi connectivity index (χ1v) is 14.4. The van der Waals surface area contributed by atoms with Crippen LogP contribution in [0.5, 0.6) is 0 Å². The van der Waals surface area contributed by atoms with Gasteiger partial charge in [-0.1, -0.05) is 77.8 Å². The standard InChI is InChI=1S/C31H20Cl2N2O4S/c32-16-11-12-21(22(33)14-16)29(37)34(15-23(36)24-10-5-13-40-24)35-30(38)27-25-17-6-1-2-7-18(17)26(28(27)31(35)39)20-9-4-3-8-19(20)25/h1-14,25-28H,15H2/t25?,26?,27-,28-/m1/s1. The summed E-state index contributed by atoms with van der Waals surface area (Å²) in [4.78, 5) is 56.3. The maximum absolute atomic E-state index is 14.3. The molecule has 9 heteroatoms. The van der Waals surface area contributed by atoms with Gasteiger partial charge in [-0.25, -0.2) is 5.01 Å². The number of imide groups is 1. The summed E-state index contributed by atoms with van der Waals surface area (Å²) in [5.74, 6) is -4.18. The fourth-order valence-electron chi connectivity index (χ4n) is 6.59. The Morgan fingerprint density at radius 1 is 0.775 bits per heavy atom. The minimum Gasteiger partial charge on any atom is -0.291 e. The number of hydrogen-bond acceptors (Lipinski definition) is 5. The van der Waals surface area contributed by atoms with E-state index in [1.165, 1.54) is 29.5 Å². The van der Waals surface area contributed by atoms with Crippen molar-refractivity contribution in [2.45, 2.75) is 11.8 Å². The van der Waals surface area contributed by atoms with Crippen LogP contribution < -0.4 is 0 Å². The number of amides is 3. The molecule has 8 rings (SSSR count). The molecule has 2 heterocycles. The van der Waals surface area contributed by atoms with Crippen LogP contribution in [0.25, 0.3) is 0 Å². The zero-order valence-electron chi connectivity index (χ0n) is 20.8. The number of hydrogen-bond donors (Lipinski definition) is 0. The fraction of sp³-hybridized carbons (Fsp3) is 0.161. The van der Waals surface area contributed by atoms with Crippen molar-refractivity contribution in [2.24, 2.45) is 11.8 Å². The van der Waals surface area contributed by atoms with Crippen LogP contribution in [0.4, 0.5) is 0 Å². The molecule has 4 aliphatic rings. The van der Waals surface area contributed by atoms with Crippen molar-refractivity contribution >= 4 is 58.0 Å². The van der Waals surface area contributed by atoms with Gasteiger partial charge in [0.25, 0.3) is 17.7 Å². The Morgan fingerprint density at radius 3 is 1.80 bits per heavy atom. The Bertz CT molecular complexity index is 1620. The van der Waals surface area contributed by atoms with E-state index in [9.17, 15) is 19.2 Å². The Kier molecular flexibility index (Phi) is 5.93. The van der Waals surface area contributed by atoms with Crippen LogP contribution in [0.3, 0.4) is 0 Å². The molecule has 4 aromatic rings. The van der Waals surface area contributed by atoms with Crippen molar-refractivity contribution < 1.29 is 19.2 Å². The molecule has 3 amide bonds. The first-order chi connectivity index (χ1) is 19.4. The van der Waals surface area contributed by atoms with Crippen molar-refractivity contribution in [1.29, 1.82) is 0 Å². The highest BCUT2D eigenvalue weighted by molar-refractivity contribution is 7.12. The van der Waals surface area contributed by atoms with Gasteiger partial charge in [0.2, 0.25) is 0 Å². The monoisotopic (exact) mass is 586 g/mol. The van der Waals surface area contributed by atoms with Gasteiger partial charge in [-0.05, 0) is 51.9 Å². The summed E-state index contributed by atoms with van der Waals surface area (Å²) >= 11 is 13.7. The predicted molar refractivity (Wildman–Crippen MR) is 152 cm³/mol. The number of nitrogens with zero attached hydrogens (tertiary/aromatic N) is 2. The molecule has 6 nitrogen and oxygen atoms in total. The van der Waals surface area contributed by atoms with Gasteiger partial charge in [-0.15, -0.1) is 11.3 Å². The second kappa shape index (κ2) is 9.41. The number of carbonyl (C=O) groups excluding carboxylic acids is 4. The lowest BCUT2D eigenvalue weighted by atomic mass is 9.55. The highest BCUT2D eigenvalue weighted by atomic mass is 35.5. The molecule has 0 unspecified atom stereocenters. The van der Waals surface area contributed by atoms with Gasteiger partial charge >= 0.3 is 0 Å². The summed E-state index contributed by atoms with van der Waals surface area (Å²) in [6.45, 7) is -0.496. The van der Waals surface area contributed by atoms with Gasteiger partial charge in [0.1, 0.15) is 6.54 Å². The van der Waals surface area contributed by atoms with E-state index in [0.717, 1.165) is 32.3 Å². The van der Waals surface area contributed by atoms with Gasteiger partial charge in [0, 0.05) is 16.9 Å². The third kappa shape index (κ3) is 3.61. The summed E-state index contributed by atoms with van der Waals surface area (Å²) in [6, 6.07) is 23.5. The lowest BCUT2D eigenvalue weighted by molar-refractivity contribution is -0.154. The van der Waals surface area contributed by atoms with Crippen LogP contribution >= 0.6 is 34.5 Å². The largest absolute Gasteiger partial charge is 0.291 e. The summed E-state index contributed by atoms with van der Waals surface area (Å²) < 4.78 is 0. The zero-order valence-corrected chi connectivity index (χ0v) is 23.1. The maximum Gasteiger partial charge on any atom is 0.274 e. The molecule has 1 aliphatic heterocycles. The molecule has 198 valence electrons. The van der Waals surface area contributed by atoms with E-state index >= 15 is 0 Å². The molecule has 3 aliphatic carbocycles. The molecular formula is C31H20Cl2N2O4S. The normalized spacial score (nSPS) is 22.1. The number of benzene rings is 3. The van der Waals surface area contributed by atoms with Gasteiger partial charge in [-0.2, -0.15) is 5.01 Å². The van der Waals surface area contributed by atoms with E-state index in [-0.39, 0.29) is 22.4 Å². The molecule has 0 radical (unpaired) electrons. The lowest BCUT2D eigenvalue weighted by Gasteiger charge is -2.45. The molecule has 40 heavy (non-hydrogen) atoms. The number of hydrazine groups is 1. The number of Topliss-reactive ketones (excluding diaryl/α,β-unsaturated/α-hetero) is 1. The van der Waals surface area contributed by atoms with Crippen molar-refractivity contribution in [3.8, 4) is 0 Å². The minimum atomic E-state index is -0.728. The summed E-state index contributed by atoms with van der Waals surface area (Å²) in [6.07, 6.45) is 0. The second-order valence-corrected chi connectivity index (χ2v) is 11.9. The smallest absolute Gasteiger partial charge is 0.274 e. The molecular weight excluding hydrogens is 567 g/mol. The number of carbonyl (C=O) groups is 4. The van der Waals surface area contributed by atoms with E-state index in [4.69, 9.17) is 23.2 Å². The first kappa shape index (κ1) is 25.2. The second-order valence-electron chi connectivity index (χ2n) is 10.1. The average Bonchev–Trinajstić information content (AvgIpc) is 3.59. The third-order valence-corrected chi connectivity index (χ3v) is 9.61. The Hall–Kier alpha value is -3.78. The molecule has 1 aromatic heterocycles. The predicted octanol–water partition coefficient (Wildman–Crippen LogP) is 6.19. The Labute approximate surface area is 243 Å². The van der Waals surface area contributed by atoms with E-state index in [1.807, 2.05) is 48.5 Å². The zero-order chi connectivity index (χ0) is 27.7. The maximum atomic E-state index is 14.3. The Morgan fingerprint density at radius 2 is 1.32 bits per heavy atom. The minimum absolute atomic E-state index is 0.0371. The van der Waals surface area contributed by atoms with E-state index in [2.05, 4.69) is 0 Å². The van der Waals surface area contributed by atoms with Gasteiger partial charge in [0.05, 0.1) is 27.3 Å². The van der Waals surface area contributed by atoms with E-state index in [0.29, 0.717) is 9.90 Å². The molecule has 1 saturated heterocycles. The van der Waals surface area contributed by atoms with Gasteiger partial charge < -0.3 is 0 Å². The van der Waals surface area contributed by atoms with E-state index in [1.54, 1.807) is 17.5 Å². The number of rotatable bonds is 5. The molecule has 1 fully saturated rings. The number of ketones is 1. The van der Waals surface area contributed by atoms with Crippen LogP contribution in [0, 0.1) is 11.8 Å². The highest BCUT2D eigenvalue weighted by Gasteiger charge is 2.63. The van der Waals surface area contributed by atoms with Crippen LogP contribution in [-0.2, 0) is 9.59 Å². The van der Waals surface area contributed by atoms with Crippen molar-refractivity contribution in [1.82, 2.24) is 10.0 Å². The quantitative estimate of drug-likeness (QED) is 0.206. The van der Waals surface area contributed by atoms with Crippen LogP contribution in [-0.4, -0.2) is 40.1 Å². The molecule has 2 atom stereocenters. The van der Waals surface area contributed by atoms with Crippen molar-refractivity contribution in [3.05, 3.63) is 127 Å². The van der Waals surface area contributed by atoms with Crippen molar-refractivity contribution in [3.63, 3.8) is 0 Å². The van der Waals surface area contributed by atoms with Crippen LogP contribution in [0.2, 0.25) is 10.0 Å². The Balaban J connectivity index is 1.35. The number of thiophene rings is 1. The first-order valence-electron chi connectivity index (χ1n) is 12.8. The van der Waals surface area contributed by atoms with Crippen molar-refractivity contribution in [2.75, 3.05) is 6.54 Å². The topological polar surface area (TPSA) is 74.8 Å². The molecule has 0 N–H and O–H groups in total. The number of halogens is 2. The molecule has 3 aromatic carbocycles. The third-order valence-electron chi connectivity index (χ3n) is 8.15. The molecule has 0 spiro atoms. The van der Waals surface area contributed by atoms with Gasteiger partial charge in [-0.3, -0.25) is 19.2 Å². The average molecular weight is 587 g/mol.